The zero-order chi connectivity index (χ0) is 17.7. The molecule has 0 aliphatic heterocycles. The normalized spacial score (nSPS) is 10.3. The Labute approximate surface area is 138 Å². The van der Waals surface area contributed by atoms with Crippen LogP contribution in [0.25, 0.3) is 0 Å². The molecule has 0 N–H and O–H groups in total. The van der Waals surface area contributed by atoms with Gasteiger partial charge in [-0.15, -0.1) is 0 Å². The first kappa shape index (κ1) is 17.1. The Hall–Kier alpha value is -3.22. The molecule has 2 aromatic rings. The van der Waals surface area contributed by atoms with Gasteiger partial charge in [0.05, 0.1) is 22.2 Å². The number of carbonyl (C=O) groups is 2. The lowest BCUT2D eigenvalue weighted by molar-refractivity contribution is -0.384. The zero-order valence-electron chi connectivity index (χ0n) is 13.1. The van der Waals surface area contributed by atoms with Crippen LogP contribution in [0.4, 0.5) is 5.69 Å². The fraction of sp³-hybridized carbons (Fsp3) is 0.176. The van der Waals surface area contributed by atoms with Gasteiger partial charge in [0.1, 0.15) is 5.75 Å². The van der Waals surface area contributed by atoms with E-state index in [-0.39, 0.29) is 28.7 Å². The maximum atomic E-state index is 12.3. The van der Waals surface area contributed by atoms with Crippen molar-refractivity contribution >= 4 is 17.6 Å². The summed E-state index contributed by atoms with van der Waals surface area (Å²) in [5.74, 6) is -1.24. The van der Waals surface area contributed by atoms with Crippen molar-refractivity contribution in [3.05, 3.63) is 69.8 Å². The molecule has 0 heterocycles. The lowest BCUT2D eigenvalue weighted by Gasteiger charge is -2.11. The molecule has 0 aliphatic carbocycles. The highest BCUT2D eigenvalue weighted by atomic mass is 16.6. The van der Waals surface area contributed by atoms with Crippen LogP contribution in [-0.2, 0) is 4.74 Å². The summed E-state index contributed by atoms with van der Waals surface area (Å²) in [5.41, 5.74) is 0.0373. The van der Waals surface area contributed by atoms with Gasteiger partial charge in [-0.25, -0.2) is 9.59 Å². The van der Waals surface area contributed by atoms with Crippen molar-refractivity contribution in [3.8, 4) is 5.75 Å². The van der Waals surface area contributed by atoms with Crippen LogP contribution in [0.3, 0.4) is 0 Å². The van der Waals surface area contributed by atoms with Crippen molar-refractivity contribution in [2.75, 3.05) is 0 Å². The Balaban J connectivity index is 2.21. The molecule has 0 saturated heterocycles. The smallest absolute Gasteiger partial charge is 0.344 e. The number of nitro benzene ring substituents is 1. The van der Waals surface area contributed by atoms with E-state index < -0.39 is 16.9 Å². The predicted molar refractivity (Wildman–Crippen MR) is 85.0 cm³/mol. The van der Waals surface area contributed by atoms with Gasteiger partial charge in [-0.1, -0.05) is 12.1 Å². The molecule has 0 radical (unpaired) electrons. The largest absolute Gasteiger partial charge is 0.459 e. The second kappa shape index (κ2) is 7.36. The highest BCUT2D eigenvalue weighted by Crippen LogP contribution is 2.20. The van der Waals surface area contributed by atoms with Gasteiger partial charge in [0, 0.05) is 12.1 Å². The highest BCUT2D eigenvalue weighted by Gasteiger charge is 2.20. The molecule has 0 fully saturated rings. The average molecular weight is 329 g/mol. The Morgan fingerprint density at radius 3 is 2.00 bits per heavy atom. The van der Waals surface area contributed by atoms with Crippen molar-refractivity contribution in [2.24, 2.45) is 0 Å². The van der Waals surface area contributed by atoms with Crippen molar-refractivity contribution < 1.29 is 24.0 Å². The quantitative estimate of drug-likeness (QED) is 0.361. The highest BCUT2D eigenvalue weighted by molar-refractivity contribution is 6.03. The second-order valence-corrected chi connectivity index (χ2v) is 5.14. The number of nitrogens with zero attached hydrogens (tertiary/aromatic N) is 1. The van der Waals surface area contributed by atoms with Gasteiger partial charge >= 0.3 is 11.9 Å². The molecule has 7 heteroatoms. The maximum Gasteiger partial charge on any atom is 0.344 e. The minimum absolute atomic E-state index is 0.0569. The van der Waals surface area contributed by atoms with Crippen LogP contribution in [0.2, 0.25) is 0 Å². The fourth-order valence-electron chi connectivity index (χ4n) is 1.91. The first-order valence-corrected chi connectivity index (χ1v) is 7.15. The number of rotatable bonds is 5. The molecule has 0 aliphatic rings. The third-order valence-corrected chi connectivity index (χ3v) is 2.97. The Kier molecular flexibility index (Phi) is 5.26. The summed E-state index contributed by atoms with van der Waals surface area (Å²) in [6.45, 7) is 3.41. The van der Waals surface area contributed by atoms with E-state index in [2.05, 4.69) is 0 Å². The van der Waals surface area contributed by atoms with E-state index >= 15 is 0 Å². The molecule has 0 atom stereocenters. The number of ether oxygens (including phenoxy) is 2. The molecule has 0 amide bonds. The molecule has 0 unspecified atom stereocenters. The summed E-state index contributed by atoms with van der Waals surface area (Å²) in [4.78, 5) is 34.4. The summed E-state index contributed by atoms with van der Waals surface area (Å²) in [6.07, 6.45) is -0.323. The summed E-state index contributed by atoms with van der Waals surface area (Å²) < 4.78 is 10.3. The van der Waals surface area contributed by atoms with E-state index in [9.17, 15) is 19.7 Å². The third-order valence-electron chi connectivity index (χ3n) is 2.97. The van der Waals surface area contributed by atoms with Crippen LogP contribution in [0.1, 0.15) is 34.6 Å². The van der Waals surface area contributed by atoms with Gasteiger partial charge in [-0.05, 0) is 38.1 Å². The molecule has 0 saturated carbocycles. The van der Waals surface area contributed by atoms with Crippen LogP contribution in [-0.4, -0.2) is 23.0 Å². The first-order valence-electron chi connectivity index (χ1n) is 7.15. The standard InChI is InChI=1S/C17H15NO6/c1-11(2)23-16(19)14-5-3-4-6-15(14)17(20)24-13-9-7-12(8-10-13)18(21)22/h3-11H,1-2H3. The average Bonchev–Trinajstić information content (AvgIpc) is 2.54. The lowest BCUT2D eigenvalue weighted by Crippen LogP contribution is -2.18. The molecule has 0 spiro atoms. The monoisotopic (exact) mass is 329 g/mol. The van der Waals surface area contributed by atoms with E-state index in [0.717, 1.165) is 0 Å². The minimum atomic E-state index is -0.750. The van der Waals surface area contributed by atoms with Crippen LogP contribution < -0.4 is 4.74 Å². The number of nitro groups is 1. The van der Waals surface area contributed by atoms with Gasteiger partial charge < -0.3 is 9.47 Å². The third kappa shape index (κ3) is 4.16. The minimum Gasteiger partial charge on any atom is -0.459 e. The molecule has 7 nitrogen and oxygen atoms in total. The number of esters is 2. The number of non-ortho nitro benzene ring substituents is 1. The van der Waals surface area contributed by atoms with Crippen molar-refractivity contribution in [1.29, 1.82) is 0 Å². The summed E-state index contributed by atoms with van der Waals surface area (Å²) in [6, 6.07) is 11.2. The van der Waals surface area contributed by atoms with E-state index in [1.165, 1.54) is 36.4 Å². The molecule has 0 aromatic heterocycles. The number of carbonyl (C=O) groups excluding carboxylic acids is 2. The zero-order valence-corrected chi connectivity index (χ0v) is 13.1. The van der Waals surface area contributed by atoms with Crippen LogP contribution in [0, 0.1) is 10.1 Å². The summed E-state index contributed by atoms with van der Waals surface area (Å²) in [5, 5.41) is 10.6. The Bertz CT molecular complexity index is 767. The fourth-order valence-corrected chi connectivity index (χ4v) is 1.91. The van der Waals surface area contributed by atoms with Crippen molar-refractivity contribution in [2.45, 2.75) is 20.0 Å². The molecule has 124 valence electrons. The van der Waals surface area contributed by atoms with E-state index in [0.29, 0.717) is 0 Å². The summed E-state index contributed by atoms with van der Waals surface area (Å²) >= 11 is 0. The molecular formula is C17H15NO6. The van der Waals surface area contributed by atoms with Crippen molar-refractivity contribution in [3.63, 3.8) is 0 Å². The van der Waals surface area contributed by atoms with Gasteiger partial charge in [-0.3, -0.25) is 10.1 Å². The lowest BCUT2D eigenvalue weighted by atomic mass is 10.1. The van der Waals surface area contributed by atoms with Gasteiger partial charge in [0.2, 0.25) is 0 Å². The number of hydrogen-bond acceptors (Lipinski definition) is 6. The number of benzene rings is 2. The van der Waals surface area contributed by atoms with Crippen LogP contribution in [0.15, 0.2) is 48.5 Å². The van der Waals surface area contributed by atoms with Crippen molar-refractivity contribution in [1.82, 2.24) is 0 Å². The van der Waals surface area contributed by atoms with Gasteiger partial charge in [0.15, 0.2) is 0 Å². The Morgan fingerprint density at radius 2 is 1.50 bits per heavy atom. The number of hydrogen-bond donors (Lipinski definition) is 0. The predicted octanol–water partition coefficient (Wildman–Crippen LogP) is 3.38. The second-order valence-electron chi connectivity index (χ2n) is 5.14. The molecule has 2 aromatic carbocycles. The van der Waals surface area contributed by atoms with Crippen LogP contribution >= 0.6 is 0 Å². The molecule has 2 rings (SSSR count). The topological polar surface area (TPSA) is 95.7 Å². The van der Waals surface area contributed by atoms with E-state index in [1.807, 2.05) is 0 Å². The first-order chi connectivity index (χ1) is 11.4. The van der Waals surface area contributed by atoms with Gasteiger partial charge in [-0.2, -0.15) is 0 Å². The van der Waals surface area contributed by atoms with Crippen LogP contribution in [0.5, 0.6) is 5.75 Å². The van der Waals surface area contributed by atoms with E-state index in [4.69, 9.17) is 9.47 Å². The maximum absolute atomic E-state index is 12.3. The summed E-state index contributed by atoms with van der Waals surface area (Å²) in [7, 11) is 0. The molecule has 0 bridgehead atoms. The van der Waals surface area contributed by atoms with E-state index in [1.54, 1.807) is 26.0 Å². The Morgan fingerprint density at radius 1 is 0.958 bits per heavy atom. The molecular weight excluding hydrogens is 314 g/mol. The molecule has 24 heavy (non-hydrogen) atoms. The SMILES string of the molecule is CC(C)OC(=O)c1ccccc1C(=O)Oc1ccc([N+](=O)[O-])cc1. The van der Waals surface area contributed by atoms with Gasteiger partial charge in [0.25, 0.3) is 5.69 Å².